The smallest absolute Gasteiger partial charge is 0.294 e. The van der Waals surface area contributed by atoms with E-state index in [1.807, 2.05) is 44.2 Å². The molecule has 0 saturated carbocycles. The van der Waals surface area contributed by atoms with Gasteiger partial charge in [0.2, 0.25) is 5.91 Å². The Labute approximate surface area is 241 Å². The van der Waals surface area contributed by atoms with Gasteiger partial charge < -0.3 is 14.8 Å². The molecule has 3 aromatic carbocycles. The standard InChI is InChI=1S/C28H24Br2N2O5S/c1-3-36-21-9-7-20(8-10-21)31-25(33)15-32-27(34)24(38-28(32)35)14-19-12-22(29)26(23(30)13-19)37-16-18-6-4-5-17(2)11-18/h4-14H,3,15-16H2,1-2H3,(H,31,33)/b24-14+. The number of anilines is 1. The lowest BCUT2D eigenvalue weighted by Crippen LogP contribution is -2.36. The van der Waals surface area contributed by atoms with E-state index in [2.05, 4.69) is 43.2 Å². The van der Waals surface area contributed by atoms with E-state index in [1.165, 1.54) is 0 Å². The molecule has 0 aromatic heterocycles. The Hall–Kier alpha value is -3.08. The predicted molar refractivity (Wildman–Crippen MR) is 156 cm³/mol. The largest absolute Gasteiger partial charge is 0.494 e. The second-order valence-corrected chi connectivity index (χ2v) is 11.1. The molecule has 0 unspecified atom stereocenters. The molecular weight excluding hydrogens is 636 g/mol. The summed E-state index contributed by atoms with van der Waals surface area (Å²) in [6.45, 7) is 4.47. The van der Waals surface area contributed by atoms with Gasteiger partial charge in [0, 0.05) is 5.69 Å². The number of imide groups is 1. The van der Waals surface area contributed by atoms with Crippen molar-refractivity contribution in [1.29, 1.82) is 0 Å². The van der Waals surface area contributed by atoms with Gasteiger partial charge in [-0.15, -0.1) is 0 Å². The third-order valence-corrected chi connectivity index (χ3v) is 7.49. The Kier molecular flexibility index (Phi) is 9.30. The second-order valence-electron chi connectivity index (χ2n) is 8.36. The van der Waals surface area contributed by atoms with Crippen LogP contribution in [0.15, 0.2) is 74.5 Å². The van der Waals surface area contributed by atoms with Crippen LogP contribution in [0.1, 0.15) is 23.6 Å². The van der Waals surface area contributed by atoms with Gasteiger partial charge in [-0.25, -0.2) is 0 Å². The summed E-state index contributed by atoms with van der Waals surface area (Å²) in [6, 6.07) is 18.5. The number of hydrogen-bond donors (Lipinski definition) is 1. The number of ether oxygens (including phenoxy) is 2. The number of amides is 3. The van der Waals surface area contributed by atoms with Crippen molar-refractivity contribution in [3.05, 3.63) is 91.2 Å². The van der Waals surface area contributed by atoms with E-state index in [0.717, 1.165) is 27.8 Å². The summed E-state index contributed by atoms with van der Waals surface area (Å²) in [5.41, 5.74) is 3.44. The van der Waals surface area contributed by atoms with Gasteiger partial charge in [-0.3, -0.25) is 19.3 Å². The Morgan fingerprint density at radius 3 is 2.39 bits per heavy atom. The van der Waals surface area contributed by atoms with Gasteiger partial charge in [-0.2, -0.15) is 0 Å². The zero-order valence-corrected chi connectivity index (χ0v) is 24.6. The minimum absolute atomic E-state index is 0.232. The molecule has 1 heterocycles. The highest BCUT2D eigenvalue weighted by Gasteiger charge is 2.36. The number of aryl methyl sites for hydroxylation is 1. The topological polar surface area (TPSA) is 84.9 Å². The van der Waals surface area contributed by atoms with Crippen molar-refractivity contribution < 1.29 is 23.9 Å². The monoisotopic (exact) mass is 658 g/mol. The fraction of sp³-hybridized carbons (Fsp3) is 0.179. The maximum Gasteiger partial charge on any atom is 0.294 e. The average molecular weight is 660 g/mol. The lowest BCUT2D eigenvalue weighted by molar-refractivity contribution is -0.127. The molecule has 10 heteroatoms. The molecule has 1 aliphatic heterocycles. The van der Waals surface area contributed by atoms with Crippen LogP contribution in [0.3, 0.4) is 0 Å². The molecule has 0 atom stereocenters. The molecule has 3 amide bonds. The van der Waals surface area contributed by atoms with Crippen LogP contribution in [0.25, 0.3) is 6.08 Å². The van der Waals surface area contributed by atoms with E-state index in [4.69, 9.17) is 9.47 Å². The summed E-state index contributed by atoms with van der Waals surface area (Å²) < 4.78 is 12.8. The number of benzene rings is 3. The lowest BCUT2D eigenvalue weighted by Gasteiger charge is -2.13. The van der Waals surface area contributed by atoms with E-state index in [1.54, 1.807) is 30.3 Å². The highest BCUT2D eigenvalue weighted by Crippen LogP contribution is 2.38. The van der Waals surface area contributed by atoms with Crippen molar-refractivity contribution in [2.45, 2.75) is 20.5 Å². The number of carbonyl (C=O) groups excluding carboxylic acids is 3. The zero-order valence-electron chi connectivity index (χ0n) is 20.6. The maximum atomic E-state index is 12.9. The summed E-state index contributed by atoms with van der Waals surface area (Å²) in [4.78, 5) is 39.1. The Balaban J connectivity index is 1.40. The van der Waals surface area contributed by atoms with Crippen LogP contribution in [0, 0.1) is 6.92 Å². The summed E-state index contributed by atoms with van der Waals surface area (Å²) in [6.07, 6.45) is 1.62. The van der Waals surface area contributed by atoms with Crippen LogP contribution < -0.4 is 14.8 Å². The fourth-order valence-electron chi connectivity index (χ4n) is 3.69. The van der Waals surface area contributed by atoms with Crippen LogP contribution in [-0.4, -0.2) is 35.1 Å². The van der Waals surface area contributed by atoms with Gasteiger partial charge in [0.15, 0.2) is 0 Å². The quantitative estimate of drug-likeness (QED) is 0.245. The number of rotatable bonds is 9. The number of carbonyl (C=O) groups is 3. The number of nitrogens with one attached hydrogen (secondary N) is 1. The fourth-order valence-corrected chi connectivity index (χ4v) is 5.98. The molecular formula is C28H24Br2N2O5S. The summed E-state index contributed by atoms with van der Waals surface area (Å²) in [5.74, 6) is 0.320. The van der Waals surface area contributed by atoms with E-state index in [-0.39, 0.29) is 11.4 Å². The molecule has 0 aliphatic carbocycles. The van der Waals surface area contributed by atoms with Crippen molar-refractivity contribution in [3.63, 3.8) is 0 Å². The molecule has 7 nitrogen and oxygen atoms in total. The number of thioether (sulfide) groups is 1. The number of halogens is 2. The average Bonchev–Trinajstić information content (AvgIpc) is 3.12. The van der Waals surface area contributed by atoms with Crippen LogP contribution in [-0.2, 0) is 16.2 Å². The molecule has 1 aliphatic rings. The van der Waals surface area contributed by atoms with Gasteiger partial charge in [-0.05, 0) is 111 Å². The van der Waals surface area contributed by atoms with Crippen LogP contribution in [0.4, 0.5) is 10.5 Å². The van der Waals surface area contributed by atoms with E-state index < -0.39 is 17.1 Å². The molecule has 1 fully saturated rings. The first-order valence-electron chi connectivity index (χ1n) is 11.7. The van der Waals surface area contributed by atoms with Crippen LogP contribution in [0.5, 0.6) is 11.5 Å². The molecule has 196 valence electrons. The molecule has 1 saturated heterocycles. The highest BCUT2D eigenvalue weighted by atomic mass is 79.9. The normalized spacial score (nSPS) is 14.2. The van der Waals surface area contributed by atoms with Gasteiger partial charge in [0.05, 0.1) is 20.5 Å². The van der Waals surface area contributed by atoms with Crippen LogP contribution in [0.2, 0.25) is 0 Å². The Morgan fingerprint density at radius 1 is 1.03 bits per heavy atom. The van der Waals surface area contributed by atoms with Crippen molar-refractivity contribution in [3.8, 4) is 11.5 Å². The number of hydrogen-bond acceptors (Lipinski definition) is 6. The predicted octanol–water partition coefficient (Wildman–Crippen LogP) is 7.17. The first-order chi connectivity index (χ1) is 18.2. The van der Waals surface area contributed by atoms with Gasteiger partial charge >= 0.3 is 0 Å². The molecule has 4 rings (SSSR count). The van der Waals surface area contributed by atoms with Gasteiger partial charge in [0.25, 0.3) is 11.1 Å². The van der Waals surface area contributed by atoms with E-state index in [0.29, 0.717) is 44.9 Å². The van der Waals surface area contributed by atoms with E-state index >= 15 is 0 Å². The first-order valence-corrected chi connectivity index (χ1v) is 14.1. The molecule has 0 spiro atoms. The molecule has 0 bridgehead atoms. The highest BCUT2D eigenvalue weighted by molar-refractivity contribution is 9.11. The maximum absolute atomic E-state index is 12.9. The summed E-state index contributed by atoms with van der Waals surface area (Å²) in [7, 11) is 0. The minimum atomic E-state index is -0.520. The second kappa shape index (κ2) is 12.6. The van der Waals surface area contributed by atoms with E-state index in [9.17, 15) is 14.4 Å². The zero-order chi connectivity index (χ0) is 27.2. The number of nitrogens with zero attached hydrogens (tertiary/aromatic N) is 1. The molecule has 38 heavy (non-hydrogen) atoms. The SMILES string of the molecule is CCOc1ccc(NC(=O)CN2C(=O)S/C(=C/c3cc(Br)c(OCc4cccc(C)c4)c(Br)c3)C2=O)cc1. The van der Waals surface area contributed by atoms with Crippen molar-refractivity contribution >= 4 is 72.4 Å². The van der Waals surface area contributed by atoms with Crippen molar-refractivity contribution in [1.82, 2.24) is 4.90 Å². The molecule has 3 aromatic rings. The van der Waals surface area contributed by atoms with Crippen molar-refractivity contribution in [2.24, 2.45) is 0 Å². The lowest BCUT2D eigenvalue weighted by atomic mass is 10.1. The first kappa shape index (κ1) is 27.9. The summed E-state index contributed by atoms with van der Waals surface area (Å²) in [5, 5.41) is 2.20. The molecule has 1 N–H and O–H groups in total. The van der Waals surface area contributed by atoms with Crippen molar-refractivity contribution in [2.75, 3.05) is 18.5 Å². The minimum Gasteiger partial charge on any atom is -0.494 e. The Morgan fingerprint density at radius 2 is 1.74 bits per heavy atom. The van der Waals surface area contributed by atoms with Gasteiger partial charge in [0.1, 0.15) is 24.7 Å². The third kappa shape index (κ3) is 7.06. The summed E-state index contributed by atoms with van der Waals surface area (Å²) >= 11 is 7.87. The van der Waals surface area contributed by atoms with Gasteiger partial charge in [-0.1, -0.05) is 29.8 Å². The molecule has 0 radical (unpaired) electrons. The Bertz CT molecular complexity index is 1390. The van der Waals surface area contributed by atoms with Crippen LogP contribution >= 0.6 is 43.6 Å². The third-order valence-electron chi connectivity index (χ3n) is 5.41.